The van der Waals surface area contributed by atoms with E-state index in [1.54, 1.807) is 0 Å². The Morgan fingerprint density at radius 1 is 1.21 bits per heavy atom. The van der Waals surface area contributed by atoms with E-state index in [9.17, 15) is 31.1 Å². The highest BCUT2D eigenvalue weighted by Gasteiger charge is 2.63. The molecule has 0 bridgehead atoms. The van der Waals surface area contributed by atoms with Gasteiger partial charge in [0.1, 0.15) is 17.4 Å². The van der Waals surface area contributed by atoms with Gasteiger partial charge >= 0.3 is 18.0 Å². The summed E-state index contributed by atoms with van der Waals surface area (Å²) >= 11 is 0. The highest BCUT2D eigenvalue weighted by Crippen LogP contribution is 2.36. The van der Waals surface area contributed by atoms with Crippen LogP contribution in [0.5, 0.6) is 0 Å². The molecule has 1 aromatic rings. The van der Waals surface area contributed by atoms with E-state index >= 15 is 0 Å². The molecule has 0 aliphatic heterocycles. The van der Waals surface area contributed by atoms with Crippen LogP contribution in [0, 0.1) is 17.1 Å². The average molecular weight is 282 g/mol. The molecule has 0 unspecified atom stereocenters. The highest BCUT2D eigenvalue weighted by atomic mass is 19.4. The molecule has 19 heavy (non-hydrogen) atoms. The first-order valence-electron chi connectivity index (χ1n) is 4.56. The van der Waals surface area contributed by atoms with Gasteiger partial charge in [0.15, 0.2) is 0 Å². The van der Waals surface area contributed by atoms with Gasteiger partial charge in [0.2, 0.25) is 0 Å². The van der Waals surface area contributed by atoms with Crippen LogP contribution in [-0.2, 0) is 4.79 Å². The lowest BCUT2D eigenvalue weighted by Crippen LogP contribution is -2.47. The van der Waals surface area contributed by atoms with Gasteiger partial charge in [-0.25, -0.2) is 4.39 Å². The number of halogens is 6. The smallest absolute Gasteiger partial charge is 0.319 e. The van der Waals surface area contributed by atoms with Gasteiger partial charge in [0.25, 0.3) is 0 Å². The predicted octanol–water partition coefficient (Wildman–Crippen LogP) is 2.83. The van der Waals surface area contributed by atoms with E-state index in [0.717, 1.165) is 18.2 Å². The van der Waals surface area contributed by atoms with E-state index in [0.29, 0.717) is 0 Å². The zero-order valence-corrected chi connectivity index (χ0v) is 8.86. The molecule has 0 fully saturated rings. The van der Waals surface area contributed by atoms with Crippen molar-refractivity contribution in [2.24, 2.45) is 0 Å². The molecule has 0 aliphatic carbocycles. The van der Waals surface area contributed by atoms with Crippen LogP contribution in [-0.4, -0.2) is 18.0 Å². The lowest BCUT2D eigenvalue weighted by molar-refractivity contribution is -0.267. The Balaban J connectivity index is 3.09. The predicted molar refractivity (Wildman–Crippen MR) is 50.7 cm³/mol. The van der Waals surface area contributed by atoms with E-state index in [4.69, 9.17) is 5.26 Å². The van der Waals surface area contributed by atoms with E-state index < -0.39 is 35.1 Å². The molecule has 3 nitrogen and oxygen atoms in total. The monoisotopic (exact) mass is 282 g/mol. The van der Waals surface area contributed by atoms with Gasteiger partial charge in [-0.1, -0.05) is 6.07 Å². The van der Waals surface area contributed by atoms with Crippen LogP contribution < -0.4 is 5.32 Å². The van der Waals surface area contributed by atoms with E-state index in [-0.39, 0.29) is 0 Å². The molecular weight excluding hydrogens is 278 g/mol. The highest BCUT2D eigenvalue weighted by molar-refractivity contribution is 5.97. The second kappa shape index (κ2) is 4.79. The summed E-state index contributed by atoms with van der Waals surface area (Å²) in [6, 6.07) is 3.80. The molecule has 1 aromatic carbocycles. The number of hydrogen-bond acceptors (Lipinski definition) is 2. The number of hydrogen-bond donors (Lipinski definition) is 1. The third-order valence-corrected chi connectivity index (χ3v) is 2.01. The Morgan fingerprint density at radius 3 is 2.26 bits per heavy atom. The van der Waals surface area contributed by atoms with Crippen LogP contribution in [0.2, 0.25) is 0 Å². The first kappa shape index (κ1) is 14.8. The number of carbonyl (C=O) groups excluding carboxylic acids is 1. The molecule has 0 spiro atoms. The number of nitrogens with zero attached hydrogens (tertiary/aromatic N) is 1. The van der Waals surface area contributed by atoms with Crippen LogP contribution in [0.4, 0.5) is 32.0 Å². The lowest BCUT2D eigenvalue weighted by atomic mass is 10.1. The van der Waals surface area contributed by atoms with Crippen molar-refractivity contribution in [1.82, 2.24) is 0 Å². The van der Waals surface area contributed by atoms with E-state index in [2.05, 4.69) is 0 Å². The van der Waals surface area contributed by atoms with Crippen LogP contribution in [0.25, 0.3) is 0 Å². The molecule has 1 amide bonds. The fraction of sp³-hybridized carbons (Fsp3) is 0.200. The van der Waals surface area contributed by atoms with Crippen molar-refractivity contribution in [3.05, 3.63) is 29.6 Å². The SMILES string of the molecule is N#Cc1c(F)cccc1NC(=O)C(F)(F)C(F)(F)F. The van der Waals surface area contributed by atoms with Gasteiger partial charge in [-0.2, -0.15) is 27.2 Å². The van der Waals surface area contributed by atoms with Crippen molar-refractivity contribution in [1.29, 1.82) is 5.26 Å². The largest absolute Gasteiger partial charge is 0.463 e. The molecule has 0 aliphatic rings. The summed E-state index contributed by atoms with van der Waals surface area (Å²) in [5.74, 6) is -9.50. The van der Waals surface area contributed by atoms with Crippen molar-refractivity contribution in [3.63, 3.8) is 0 Å². The zero-order valence-electron chi connectivity index (χ0n) is 8.86. The Labute approximate surface area is 102 Å². The molecule has 0 saturated heterocycles. The van der Waals surface area contributed by atoms with Gasteiger partial charge in [-0.15, -0.1) is 0 Å². The van der Waals surface area contributed by atoms with Crippen molar-refractivity contribution in [2.75, 3.05) is 5.32 Å². The fourth-order valence-electron chi connectivity index (χ4n) is 1.07. The topological polar surface area (TPSA) is 52.9 Å². The minimum absolute atomic E-state index is 0.767. The van der Waals surface area contributed by atoms with Gasteiger partial charge in [0.05, 0.1) is 5.69 Å². The van der Waals surface area contributed by atoms with Crippen molar-refractivity contribution in [2.45, 2.75) is 12.1 Å². The van der Waals surface area contributed by atoms with Crippen LogP contribution in [0.15, 0.2) is 18.2 Å². The second-order valence-electron chi connectivity index (χ2n) is 3.30. The first-order valence-corrected chi connectivity index (χ1v) is 4.56. The Bertz CT molecular complexity index is 546. The Hall–Kier alpha value is -2.24. The maximum atomic E-state index is 13.0. The molecule has 0 saturated carbocycles. The summed E-state index contributed by atoms with van der Waals surface area (Å²) in [6.07, 6.45) is -6.09. The summed E-state index contributed by atoms with van der Waals surface area (Å²) < 4.78 is 74.0. The lowest BCUT2D eigenvalue weighted by Gasteiger charge is -2.19. The minimum Gasteiger partial charge on any atom is -0.319 e. The molecule has 0 heterocycles. The summed E-state index contributed by atoms with van der Waals surface area (Å²) in [5, 5.41) is 9.70. The third-order valence-electron chi connectivity index (χ3n) is 2.01. The van der Waals surface area contributed by atoms with Gasteiger partial charge in [0, 0.05) is 0 Å². The molecule has 0 aromatic heterocycles. The summed E-state index contributed by atoms with van der Waals surface area (Å²) in [7, 11) is 0. The quantitative estimate of drug-likeness (QED) is 0.848. The number of nitrogens with one attached hydrogen (secondary N) is 1. The zero-order chi connectivity index (χ0) is 14.8. The van der Waals surface area contributed by atoms with Crippen molar-refractivity contribution >= 4 is 11.6 Å². The maximum absolute atomic E-state index is 13.0. The van der Waals surface area contributed by atoms with Gasteiger partial charge < -0.3 is 5.32 Å². The Morgan fingerprint density at radius 2 is 1.79 bits per heavy atom. The number of benzene rings is 1. The number of alkyl halides is 5. The molecular formula is C10H4F6N2O. The summed E-state index contributed by atoms with van der Waals surface area (Å²) in [4.78, 5) is 10.8. The Kier molecular flexibility index (Phi) is 3.74. The number of nitriles is 1. The van der Waals surface area contributed by atoms with Gasteiger partial charge in [-0.3, -0.25) is 4.79 Å². The molecule has 0 radical (unpaired) electrons. The first-order chi connectivity index (χ1) is 8.61. The number of anilines is 1. The van der Waals surface area contributed by atoms with E-state index in [1.165, 1.54) is 11.4 Å². The molecule has 102 valence electrons. The maximum Gasteiger partial charge on any atom is 0.463 e. The molecule has 9 heteroatoms. The molecule has 0 atom stereocenters. The number of rotatable bonds is 2. The van der Waals surface area contributed by atoms with Crippen LogP contribution in [0.1, 0.15) is 5.56 Å². The number of amides is 1. The minimum atomic E-state index is -6.09. The normalized spacial score (nSPS) is 11.8. The molecule has 1 N–H and O–H groups in total. The average Bonchev–Trinajstić information content (AvgIpc) is 2.27. The molecule has 1 rings (SSSR count). The van der Waals surface area contributed by atoms with Crippen LogP contribution in [0.3, 0.4) is 0 Å². The second-order valence-corrected chi connectivity index (χ2v) is 3.30. The van der Waals surface area contributed by atoms with Crippen molar-refractivity contribution < 1.29 is 31.1 Å². The van der Waals surface area contributed by atoms with Crippen molar-refractivity contribution in [3.8, 4) is 6.07 Å². The summed E-state index contributed by atoms with van der Waals surface area (Å²) in [6.45, 7) is 0. The standard InChI is InChI=1S/C10H4F6N2O/c11-6-2-1-3-7(5(6)4-17)18-8(19)9(12,13)10(14,15)16/h1-3H,(H,18,19). The number of carbonyl (C=O) groups is 1. The summed E-state index contributed by atoms with van der Waals surface area (Å²) in [5.41, 5.74) is -1.61. The third kappa shape index (κ3) is 2.78. The van der Waals surface area contributed by atoms with Crippen LogP contribution >= 0.6 is 0 Å². The van der Waals surface area contributed by atoms with E-state index in [1.807, 2.05) is 0 Å². The van der Waals surface area contributed by atoms with Gasteiger partial charge in [-0.05, 0) is 12.1 Å². The fourth-order valence-corrected chi connectivity index (χ4v) is 1.07.